The van der Waals surface area contributed by atoms with Crippen molar-refractivity contribution in [2.24, 2.45) is 25.9 Å². The van der Waals surface area contributed by atoms with Crippen LogP contribution in [0, 0.1) is 19.8 Å². The molecule has 0 radical (unpaired) electrons. The van der Waals surface area contributed by atoms with E-state index in [9.17, 15) is 0 Å². The number of aliphatic imine (C=N–C) groups is 4. The zero-order valence-corrected chi connectivity index (χ0v) is 33.1. The van der Waals surface area contributed by atoms with Gasteiger partial charge in [0.25, 0.3) is 0 Å². The molecule has 2 saturated heterocycles. The first-order chi connectivity index (χ1) is 28.0. The molecule has 0 saturated carbocycles. The van der Waals surface area contributed by atoms with E-state index in [0.29, 0.717) is 41.4 Å². The third-order valence-electron chi connectivity index (χ3n) is 11.3. The maximum atomic E-state index is 6.05. The van der Waals surface area contributed by atoms with Crippen LogP contribution in [0.3, 0.4) is 0 Å². The van der Waals surface area contributed by atoms with Crippen LogP contribution >= 0.6 is 11.3 Å². The first kappa shape index (κ1) is 35.4. The molecular formula is C45H45N9O2S. The van der Waals surface area contributed by atoms with E-state index in [1.807, 2.05) is 49.0 Å². The Balaban J connectivity index is 1.12. The number of benzene rings is 2. The van der Waals surface area contributed by atoms with E-state index in [1.54, 1.807) is 0 Å². The second-order valence-electron chi connectivity index (χ2n) is 15.4. The highest BCUT2D eigenvalue weighted by atomic mass is 32.1. The number of hydrogen-bond donors (Lipinski definition) is 2. The lowest BCUT2D eigenvalue weighted by Crippen LogP contribution is -2.29. The Morgan fingerprint density at radius 2 is 1.26 bits per heavy atom. The van der Waals surface area contributed by atoms with Crippen molar-refractivity contribution in [1.29, 1.82) is 0 Å². The smallest absolute Gasteiger partial charge is 0.197 e. The first-order valence-corrected chi connectivity index (χ1v) is 21.0. The van der Waals surface area contributed by atoms with Gasteiger partial charge in [-0.25, -0.2) is 25.0 Å². The van der Waals surface area contributed by atoms with Gasteiger partial charge in [-0.3, -0.25) is 0 Å². The fraction of sp³-hybridized carbons (Fsp3) is 0.311. The summed E-state index contributed by atoms with van der Waals surface area (Å²) in [5.74, 6) is 4.69. The number of amidine groups is 3. The zero-order chi connectivity index (χ0) is 38.3. The number of nitrogens with zero attached hydrogens (tertiary/aromatic N) is 7. The van der Waals surface area contributed by atoms with Gasteiger partial charge in [-0.15, -0.1) is 11.3 Å². The summed E-state index contributed by atoms with van der Waals surface area (Å²) in [6, 6.07) is 21.2. The third-order valence-corrected chi connectivity index (χ3v) is 11.9. The summed E-state index contributed by atoms with van der Waals surface area (Å²) in [7, 11) is 0. The number of piperidine rings is 2. The fourth-order valence-corrected chi connectivity index (χ4v) is 8.89. The van der Waals surface area contributed by atoms with E-state index in [1.165, 1.54) is 61.2 Å². The number of nitrogens with one attached hydrogen (secondary N) is 2. The quantitative estimate of drug-likeness (QED) is 0.153. The van der Waals surface area contributed by atoms with Crippen molar-refractivity contribution in [3.05, 3.63) is 118 Å². The summed E-state index contributed by atoms with van der Waals surface area (Å²) in [5, 5.41) is 9.20. The van der Waals surface area contributed by atoms with Gasteiger partial charge in [-0.1, -0.05) is 0 Å². The van der Waals surface area contributed by atoms with E-state index in [4.69, 9.17) is 28.8 Å². The summed E-state index contributed by atoms with van der Waals surface area (Å²) in [6.07, 6.45) is 12.4. The van der Waals surface area contributed by atoms with Crippen molar-refractivity contribution < 1.29 is 8.83 Å². The molecule has 2 aromatic carbocycles. The molecule has 5 aromatic rings. The number of hydrogen-bond acceptors (Lipinski definition) is 12. The van der Waals surface area contributed by atoms with E-state index < -0.39 is 0 Å². The predicted octanol–water partition coefficient (Wildman–Crippen LogP) is 10.5. The van der Waals surface area contributed by atoms with Crippen molar-refractivity contribution >= 4 is 74.8 Å². The van der Waals surface area contributed by atoms with Gasteiger partial charge in [-0.2, -0.15) is 0 Å². The van der Waals surface area contributed by atoms with Crippen molar-refractivity contribution in [2.45, 2.75) is 58.8 Å². The summed E-state index contributed by atoms with van der Waals surface area (Å²) >= 11 is 1.52. The number of aromatic nitrogens is 1. The minimum atomic E-state index is -0.238. The predicted molar refractivity (Wildman–Crippen MR) is 233 cm³/mol. The normalized spacial score (nSPS) is 19.4. The van der Waals surface area contributed by atoms with Gasteiger partial charge in [0.2, 0.25) is 0 Å². The van der Waals surface area contributed by atoms with Crippen LogP contribution in [-0.4, -0.2) is 54.4 Å². The monoisotopic (exact) mass is 775 g/mol. The van der Waals surface area contributed by atoms with Gasteiger partial charge in [-0.05, 0) is 125 Å². The molecule has 12 heteroatoms. The van der Waals surface area contributed by atoms with Gasteiger partial charge in [0.1, 0.15) is 28.9 Å². The van der Waals surface area contributed by atoms with E-state index >= 15 is 0 Å². The Bertz CT molecular complexity index is 2400. The van der Waals surface area contributed by atoms with E-state index in [-0.39, 0.29) is 5.92 Å². The van der Waals surface area contributed by atoms with Crippen LogP contribution in [0.5, 0.6) is 0 Å². The standard InChI is InChI=1S/C45H45N9O2S/c1-28-9-15-41(55-28)47-38-24-31(53-17-5-3-6-18-53)11-13-33(38)36-22-30-21-35-43(49-36)51-45(40-26-57-27-46-40)52-44(35)50-37(23-30)34-14-12-32(54-19-7-4-8-20-54)25-39(34)48-42-16-10-29(2)56-42/h9-16,22-27,35,47-48H,3-8,17-21H2,1-2H3. The Morgan fingerprint density at radius 3 is 1.86 bits per heavy atom. The SMILES string of the molecule is Cc1ccc(Nc2cc(N3CCCCC3)ccc2C2=CC3=CC(c4ccc(N5CCCCC5)cc4Nc4ccc(C)o4)=NC4=NC(c5cscn5)=NC(=N2)C4C3)o1. The Labute approximate surface area is 336 Å². The number of thiazole rings is 1. The van der Waals surface area contributed by atoms with E-state index in [0.717, 1.165) is 77.2 Å². The lowest BCUT2D eigenvalue weighted by atomic mass is 9.96. The van der Waals surface area contributed by atoms with Gasteiger partial charge >= 0.3 is 0 Å². The van der Waals surface area contributed by atoms with Crippen LogP contribution in [0.2, 0.25) is 0 Å². The lowest BCUT2D eigenvalue weighted by Gasteiger charge is -2.29. The van der Waals surface area contributed by atoms with Crippen molar-refractivity contribution in [3.8, 4) is 0 Å². The van der Waals surface area contributed by atoms with Crippen LogP contribution in [-0.2, 0) is 0 Å². The molecule has 8 heterocycles. The van der Waals surface area contributed by atoms with Crippen molar-refractivity contribution in [1.82, 2.24) is 4.98 Å². The molecule has 57 heavy (non-hydrogen) atoms. The van der Waals surface area contributed by atoms with Gasteiger partial charge in [0.15, 0.2) is 17.6 Å². The maximum absolute atomic E-state index is 6.05. The van der Waals surface area contributed by atoms with Gasteiger partial charge < -0.3 is 29.3 Å². The highest BCUT2D eigenvalue weighted by Gasteiger charge is 2.34. The number of aryl methyl sites for hydroxylation is 2. The molecule has 0 amide bonds. The average Bonchev–Trinajstić information content (AvgIpc) is 3.97. The van der Waals surface area contributed by atoms with Crippen LogP contribution in [0.15, 0.2) is 118 Å². The molecule has 2 bridgehead atoms. The molecule has 5 aliphatic heterocycles. The second-order valence-corrected chi connectivity index (χ2v) is 16.1. The molecule has 5 aliphatic rings. The summed E-state index contributed by atoms with van der Waals surface area (Å²) in [5.41, 5.74) is 11.4. The van der Waals surface area contributed by atoms with Crippen LogP contribution in [0.4, 0.5) is 34.5 Å². The fourth-order valence-electron chi connectivity index (χ4n) is 8.36. The molecule has 11 nitrogen and oxygen atoms in total. The lowest BCUT2D eigenvalue weighted by molar-refractivity contribution is 0.550. The molecule has 1 atom stereocenters. The first-order valence-electron chi connectivity index (χ1n) is 20.1. The summed E-state index contributed by atoms with van der Waals surface area (Å²) in [6.45, 7) is 8.11. The number of fused-ring (bicyclic) bond motifs is 1. The van der Waals surface area contributed by atoms with Gasteiger partial charge in [0, 0.05) is 66.2 Å². The van der Waals surface area contributed by atoms with Crippen molar-refractivity contribution in [2.75, 3.05) is 46.6 Å². The number of allylic oxidation sites excluding steroid dienone is 3. The molecule has 3 aromatic heterocycles. The number of anilines is 6. The van der Waals surface area contributed by atoms with Crippen LogP contribution in [0.1, 0.15) is 73.3 Å². The molecule has 2 fully saturated rings. The third kappa shape index (κ3) is 7.37. The van der Waals surface area contributed by atoms with Crippen molar-refractivity contribution in [3.63, 3.8) is 0 Å². The molecule has 10 rings (SSSR count). The Morgan fingerprint density at radius 1 is 0.649 bits per heavy atom. The number of rotatable bonds is 9. The highest BCUT2D eigenvalue weighted by molar-refractivity contribution is 7.07. The van der Waals surface area contributed by atoms with E-state index in [2.05, 4.69) is 74.0 Å². The molecule has 2 N–H and O–H groups in total. The van der Waals surface area contributed by atoms with Crippen LogP contribution < -0.4 is 20.4 Å². The minimum Gasteiger partial charge on any atom is -0.446 e. The molecular weight excluding hydrogens is 731 g/mol. The Hall–Kier alpha value is -6.01. The maximum Gasteiger partial charge on any atom is 0.197 e. The second kappa shape index (κ2) is 15.2. The molecule has 0 aliphatic carbocycles. The Kier molecular flexibility index (Phi) is 9.41. The topological polar surface area (TPSA) is 119 Å². The molecule has 0 spiro atoms. The summed E-state index contributed by atoms with van der Waals surface area (Å²) < 4.78 is 12.1. The summed E-state index contributed by atoms with van der Waals surface area (Å²) in [4.78, 5) is 30.4. The zero-order valence-electron chi connectivity index (χ0n) is 32.3. The highest BCUT2D eigenvalue weighted by Crippen LogP contribution is 2.39. The largest absolute Gasteiger partial charge is 0.446 e. The van der Waals surface area contributed by atoms with Crippen LogP contribution in [0.25, 0.3) is 5.70 Å². The molecule has 1 unspecified atom stereocenters. The van der Waals surface area contributed by atoms with Gasteiger partial charge in [0.05, 0.1) is 34.2 Å². The average molecular weight is 776 g/mol. The minimum absolute atomic E-state index is 0.238. The molecule has 288 valence electrons. The number of furan rings is 2.